The van der Waals surface area contributed by atoms with E-state index in [1.54, 1.807) is 0 Å². The van der Waals surface area contributed by atoms with Crippen LogP contribution >= 0.6 is 0 Å². The van der Waals surface area contributed by atoms with Gasteiger partial charge < -0.3 is 4.90 Å². The summed E-state index contributed by atoms with van der Waals surface area (Å²) in [6.45, 7) is 0. The third kappa shape index (κ3) is 6.77. The van der Waals surface area contributed by atoms with E-state index < -0.39 is 0 Å². The molecule has 0 aliphatic carbocycles. The summed E-state index contributed by atoms with van der Waals surface area (Å²) in [7, 11) is 0. The van der Waals surface area contributed by atoms with Crippen molar-refractivity contribution in [2.45, 2.75) is 0 Å². The molecule has 0 unspecified atom stereocenters. The monoisotopic (exact) mass is 675 g/mol. The standard InChI is InChI=1S/C52H37N/c1-4-13-38(14-5-1)42-23-25-43(26-24-42)44-29-31-50(32-30-44)53(51-22-12-21-46(35-51)47-28-27-41-19-10-11-20-45(41)33-47)52-36-48(39-15-6-2-7-16-39)34-49(37-52)40-17-8-3-9-18-40/h1-37H. The maximum Gasteiger partial charge on any atom is 0.0473 e. The Morgan fingerprint density at radius 1 is 0.189 bits per heavy atom. The molecule has 0 amide bonds. The van der Waals surface area contributed by atoms with Crippen LogP contribution in [-0.2, 0) is 0 Å². The number of rotatable bonds is 8. The van der Waals surface area contributed by atoms with Crippen LogP contribution in [0.4, 0.5) is 17.1 Å². The molecule has 0 saturated carbocycles. The van der Waals surface area contributed by atoms with Crippen molar-refractivity contribution in [3.8, 4) is 55.6 Å². The molecule has 0 aromatic heterocycles. The van der Waals surface area contributed by atoms with Crippen molar-refractivity contribution in [3.63, 3.8) is 0 Å². The highest BCUT2D eigenvalue weighted by Gasteiger charge is 2.17. The summed E-state index contributed by atoms with van der Waals surface area (Å²) in [5.74, 6) is 0. The highest BCUT2D eigenvalue weighted by Crippen LogP contribution is 2.41. The van der Waals surface area contributed by atoms with Crippen LogP contribution in [0.1, 0.15) is 0 Å². The van der Waals surface area contributed by atoms with Gasteiger partial charge in [-0.3, -0.25) is 0 Å². The summed E-state index contributed by atoms with van der Waals surface area (Å²) in [5.41, 5.74) is 15.2. The Balaban J connectivity index is 1.17. The van der Waals surface area contributed by atoms with E-state index in [4.69, 9.17) is 0 Å². The van der Waals surface area contributed by atoms with E-state index >= 15 is 0 Å². The van der Waals surface area contributed by atoms with E-state index in [9.17, 15) is 0 Å². The molecule has 1 nitrogen and oxygen atoms in total. The zero-order valence-electron chi connectivity index (χ0n) is 29.3. The summed E-state index contributed by atoms with van der Waals surface area (Å²) >= 11 is 0. The molecule has 9 aromatic carbocycles. The Bertz CT molecular complexity index is 2570. The maximum atomic E-state index is 2.39. The fraction of sp³-hybridized carbons (Fsp3) is 0. The van der Waals surface area contributed by atoms with Crippen LogP contribution in [0.25, 0.3) is 66.4 Å². The first-order valence-electron chi connectivity index (χ1n) is 18.2. The quantitative estimate of drug-likeness (QED) is 0.155. The number of anilines is 3. The summed E-state index contributed by atoms with van der Waals surface area (Å²) in [6, 6.07) is 80.9. The third-order valence-electron chi connectivity index (χ3n) is 10.0. The predicted molar refractivity (Wildman–Crippen MR) is 226 cm³/mol. The van der Waals surface area contributed by atoms with Crippen molar-refractivity contribution in [1.82, 2.24) is 0 Å². The Labute approximate surface area is 311 Å². The molecule has 0 fully saturated rings. The molecule has 1 heteroatoms. The zero-order valence-corrected chi connectivity index (χ0v) is 29.3. The average molecular weight is 676 g/mol. The zero-order chi connectivity index (χ0) is 35.4. The van der Waals surface area contributed by atoms with Gasteiger partial charge in [0.05, 0.1) is 0 Å². The first-order chi connectivity index (χ1) is 26.2. The van der Waals surface area contributed by atoms with Crippen molar-refractivity contribution in [2.24, 2.45) is 0 Å². The van der Waals surface area contributed by atoms with Gasteiger partial charge in [-0.1, -0.05) is 176 Å². The minimum Gasteiger partial charge on any atom is -0.310 e. The number of hydrogen-bond acceptors (Lipinski definition) is 1. The van der Waals surface area contributed by atoms with Crippen LogP contribution in [0.2, 0.25) is 0 Å². The van der Waals surface area contributed by atoms with E-state index in [2.05, 4.69) is 229 Å². The second-order valence-electron chi connectivity index (χ2n) is 13.4. The van der Waals surface area contributed by atoms with Gasteiger partial charge in [-0.15, -0.1) is 0 Å². The fourth-order valence-electron chi connectivity index (χ4n) is 7.26. The van der Waals surface area contributed by atoms with Crippen LogP contribution in [0.15, 0.2) is 224 Å². The molecule has 0 saturated heterocycles. The second kappa shape index (κ2) is 14.3. The fourth-order valence-corrected chi connectivity index (χ4v) is 7.26. The van der Waals surface area contributed by atoms with Gasteiger partial charge in [-0.2, -0.15) is 0 Å². The second-order valence-corrected chi connectivity index (χ2v) is 13.4. The SMILES string of the molecule is c1ccc(-c2ccc(-c3ccc(N(c4cccc(-c5ccc6ccccc6c5)c4)c4cc(-c5ccccc5)cc(-c5ccccc5)c4)cc3)cc2)cc1. The number of benzene rings is 9. The molecule has 0 bridgehead atoms. The van der Waals surface area contributed by atoms with Crippen molar-refractivity contribution in [2.75, 3.05) is 4.90 Å². The van der Waals surface area contributed by atoms with Gasteiger partial charge >= 0.3 is 0 Å². The van der Waals surface area contributed by atoms with Crippen LogP contribution in [0.5, 0.6) is 0 Å². The molecule has 0 radical (unpaired) electrons. The molecule has 0 N–H and O–H groups in total. The highest BCUT2D eigenvalue weighted by molar-refractivity contribution is 5.90. The Morgan fingerprint density at radius 2 is 0.585 bits per heavy atom. The lowest BCUT2D eigenvalue weighted by molar-refractivity contribution is 1.28. The average Bonchev–Trinajstić information content (AvgIpc) is 3.25. The Hall–Kier alpha value is -6.96. The van der Waals surface area contributed by atoms with E-state index in [1.165, 1.54) is 66.4 Å². The third-order valence-corrected chi connectivity index (χ3v) is 10.0. The van der Waals surface area contributed by atoms with Gasteiger partial charge in [0.2, 0.25) is 0 Å². The maximum absolute atomic E-state index is 2.39. The normalized spacial score (nSPS) is 11.0. The van der Waals surface area contributed by atoms with Gasteiger partial charge in [0.1, 0.15) is 0 Å². The van der Waals surface area contributed by atoms with E-state index in [0.29, 0.717) is 0 Å². The largest absolute Gasteiger partial charge is 0.310 e. The van der Waals surface area contributed by atoms with Crippen LogP contribution in [-0.4, -0.2) is 0 Å². The van der Waals surface area contributed by atoms with Crippen LogP contribution < -0.4 is 4.90 Å². The summed E-state index contributed by atoms with van der Waals surface area (Å²) in [6.07, 6.45) is 0. The van der Waals surface area contributed by atoms with Gasteiger partial charge in [0, 0.05) is 17.1 Å². The molecule has 0 aliphatic rings. The Kier molecular flexibility index (Phi) is 8.66. The minimum absolute atomic E-state index is 1.09. The molecule has 0 aliphatic heterocycles. The minimum atomic E-state index is 1.09. The van der Waals surface area contributed by atoms with E-state index in [1.807, 2.05) is 0 Å². The van der Waals surface area contributed by atoms with Gasteiger partial charge in [-0.05, 0) is 115 Å². The van der Waals surface area contributed by atoms with Crippen molar-refractivity contribution < 1.29 is 0 Å². The molecule has 9 rings (SSSR count). The summed E-state index contributed by atoms with van der Waals surface area (Å²) in [5, 5.41) is 2.48. The van der Waals surface area contributed by atoms with Crippen molar-refractivity contribution in [1.29, 1.82) is 0 Å². The number of nitrogens with zero attached hydrogens (tertiary/aromatic N) is 1. The highest BCUT2D eigenvalue weighted by atomic mass is 15.1. The summed E-state index contributed by atoms with van der Waals surface area (Å²) in [4.78, 5) is 2.39. The molecule has 0 heterocycles. The van der Waals surface area contributed by atoms with Crippen LogP contribution in [0.3, 0.4) is 0 Å². The lowest BCUT2D eigenvalue weighted by atomic mass is 9.96. The molecular formula is C52H37N. The van der Waals surface area contributed by atoms with E-state index in [0.717, 1.165) is 17.1 Å². The lowest BCUT2D eigenvalue weighted by Crippen LogP contribution is -2.10. The summed E-state index contributed by atoms with van der Waals surface area (Å²) < 4.78 is 0. The lowest BCUT2D eigenvalue weighted by Gasteiger charge is -2.27. The van der Waals surface area contributed by atoms with Gasteiger partial charge in [0.15, 0.2) is 0 Å². The molecule has 250 valence electrons. The van der Waals surface area contributed by atoms with Crippen LogP contribution in [0, 0.1) is 0 Å². The molecular weight excluding hydrogens is 639 g/mol. The predicted octanol–water partition coefficient (Wildman–Crippen LogP) is 14.6. The van der Waals surface area contributed by atoms with Crippen molar-refractivity contribution >= 4 is 27.8 Å². The number of hydrogen-bond donors (Lipinski definition) is 0. The first kappa shape index (κ1) is 32.0. The smallest absolute Gasteiger partial charge is 0.0473 e. The van der Waals surface area contributed by atoms with Crippen molar-refractivity contribution in [3.05, 3.63) is 224 Å². The first-order valence-corrected chi connectivity index (χ1v) is 18.2. The molecule has 0 spiro atoms. The van der Waals surface area contributed by atoms with Gasteiger partial charge in [-0.25, -0.2) is 0 Å². The molecule has 53 heavy (non-hydrogen) atoms. The molecule has 0 atom stereocenters. The topological polar surface area (TPSA) is 3.24 Å². The molecule has 9 aromatic rings. The Morgan fingerprint density at radius 3 is 1.15 bits per heavy atom. The number of fused-ring (bicyclic) bond motifs is 1. The van der Waals surface area contributed by atoms with Gasteiger partial charge in [0.25, 0.3) is 0 Å². The van der Waals surface area contributed by atoms with E-state index in [-0.39, 0.29) is 0 Å².